The minimum atomic E-state index is -4.09. The van der Waals surface area contributed by atoms with Gasteiger partial charge in [-0.15, -0.1) is 0 Å². The number of ketones is 1. The van der Waals surface area contributed by atoms with Crippen LogP contribution in [0.15, 0.2) is 94.2 Å². The highest BCUT2D eigenvalue weighted by Crippen LogP contribution is 2.22. The van der Waals surface area contributed by atoms with Gasteiger partial charge in [-0.25, -0.2) is 0 Å². The van der Waals surface area contributed by atoms with E-state index in [1.165, 1.54) is 31.4 Å². The molecule has 3 aromatic rings. The second-order valence-corrected chi connectivity index (χ2v) is 8.56. The van der Waals surface area contributed by atoms with Crippen LogP contribution < -0.4 is 4.74 Å². The van der Waals surface area contributed by atoms with Gasteiger partial charge in [-0.1, -0.05) is 67.6 Å². The largest absolute Gasteiger partial charge is 0.497 e. The molecule has 0 heterocycles. The summed E-state index contributed by atoms with van der Waals surface area (Å²) in [5.74, 6) is -0.856. The molecular formula is C24H23NO5S. The lowest BCUT2D eigenvalue weighted by Crippen LogP contribution is -2.34. The first-order valence-corrected chi connectivity index (χ1v) is 11.1. The Kier molecular flexibility index (Phi) is 6.99. The number of benzene rings is 3. The molecule has 31 heavy (non-hydrogen) atoms. The molecule has 0 saturated carbocycles. The average Bonchev–Trinajstić information content (AvgIpc) is 2.82. The number of sulfonamides is 1. The minimum Gasteiger partial charge on any atom is -0.497 e. The predicted octanol–water partition coefficient (Wildman–Crippen LogP) is 3.75. The van der Waals surface area contributed by atoms with E-state index in [1.54, 1.807) is 67.6 Å². The molecule has 0 spiro atoms. The van der Waals surface area contributed by atoms with Gasteiger partial charge in [0.1, 0.15) is 11.9 Å². The highest BCUT2D eigenvalue weighted by Gasteiger charge is 2.30. The number of nitrogens with zero attached hydrogens (tertiary/aromatic N) is 1. The summed E-state index contributed by atoms with van der Waals surface area (Å²) in [6.07, 6.45) is -1.47. The molecule has 7 heteroatoms. The number of hydrogen-bond donors (Lipinski definition) is 1. The van der Waals surface area contributed by atoms with Gasteiger partial charge in [-0.3, -0.25) is 4.79 Å². The van der Waals surface area contributed by atoms with E-state index >= 15 is 0 Å². The van der Waals surface area contributed by atoms with Gasteiger partial charge in [0.25, 0.3) is 10.0 Å². The van der Waals surface area contributed by atoms with E-state index in [0.717, 1.165) is 0 Å². The molecule has 0 aliphatic carbocycles. The Hall–Kier alpha value is -3.29. The zero-order valence-electron chi connectivity index (χ0n) is 17.2. The van der Waals surface area contributed by atoms with E-state index in [-0.39, 0.29) is 10.6 Å². The maximum absolute atomic E-state index is 13.0. The highest BCUT2D eigenvalue weighted by molar-refractivity contribution is 7.90. The normalized spacial score (nSPS) is 14.0. The van der Waals surface area contributed by atoms with Crippen LogP contribution in [-0.2, 0) is 10.0 Å². The first-order valence-electron chi connectivity index (χ1n) is 9.65. The number of carbonyl (C=O) groups excluding carboxylic acids is 1. The van der Waals surface area contributed by atoms with E-state index in [9.17, 15) is 18.3 Å². The molecule has 0 amide bonds. The Morgan fingerprint density at radius 3 is 1.90 bits per heavy atom. The topological polar surface area (TPSA) is 93.0 Å². The van der Waals surface area contributed by atoms with Crippen molar-refractivity contribution >= 4 is 21.5 Å². The highest BCUT2D eigenvalue weighted by atomic mass is 32.2. The summed E-state index contributed by atoms with van der Waals surface area (Å²) in [5, 5.41) is 10.8. The van der Waals surface area contributed by atoms with Gasteiger partial charge in [-0.2, -0.15) is 12.8 Å². The number of Topliss-reactive ketones (excluding diaryl/α,β-unsaturated/α-hetero) is 1. The third-order valence-corrected chi connectivity index (χ3v) is 6.18. The van der Waals surface area contributed by atoms with Gasteiger partial charge >= 0.3 is 0 Å². The van der Waals surface area contributed by atoms with E-state index in [2.05, 4.69) is 4.40 Å². The molecule has 0 radical (unpaired) electrons. The van der Waals surface area contributed by atoms with Crippen LogP contribution in [0.4, 0.5) is 0 Å². The molecule has 0 saturated heterocycles. The maximum atomic E-state index is 13.0. The lowest BCUT2D eigenvalue weighted by atomic mass is 9.89. The van der Waals surface area contributed by atoms with E-state index in [0.29, 0.717) is 16.9 Å². The third kappa shape index (κ3) is 5.25. The summed E-state index contributed by atoms with van der Waals surface area (Å²) >= 11 is 0. The molecule has 0 fully saturated rings. The van der Waals surface area contributed by atoms with Crippen molar-refractivity contribution in [3.05, 3.63) is 96.1 Å². The summed E-state index contributed by atoms with van der Waals surface area (Å²) in [6, 6.07) is 22.9. The fraction of sp³-hybridized carbons (Fsp3) is 0.167. The number of methoxy groups -OCH3 is 1. The van der Waals surface area contributed by atoms with Crippen molar-refractivity contribution in [2.24, 2.45) is 10.3 Å². The first-order chi connectivity index (χ1) is 14.8. The lowest BCUT2D eigenvalue weighted by Gasteiger charge is -2.20. The fourth-order valence-electron chi connectivity index (χ4n) is 3.09. The summed E-state index contributed by atoms with van der Waals surface area (Å²) in [4.78, 5) is 12.7. The van der Waals surface area contributed by atoms with Crippen molar-refractivity contribution < 1.29 is 23.1 Å². The van der Waals surface area contributed by atoms with E-state index < -0.39 is 27.8 Å². The molecule has 1 N–H and O–H groups in total. The second kappa shape index (κ2) is 9.68. The molecule has 0 aliphatic heterocycles. The van der Waals surface area contributed by atoms with Crippen molar-refractivity contribution in [3.8, 4) is 5.75 Å². The van der Waals surface area contributed by atoms with Crippen molar-refractivity contribution in [2.75, 3.05) is 7.11 Å². The number of aliphatic hydroxyl groups is 1. The van der Waals surface area contributed by atoms with Gasteiger partial charge < -0.3 is 9.84 Å². The van der Waals surface area contributed by atoms with E-state index in [1.807, 2.05) is 0 Å². The summed E-state index contributed by atoms with van der Waals surface area (Å²) in [7, 11) is -2.60. The monoisotopic (exact) mass is 437 g/mol. The Morgan fingerprint density at radius 1 is 0.871 bits per heavy atom. The van der Waals surface area contributed by atoms with Crippen LogP contribution in [0, 0.1) is 5.92 Å². The van der Waals surface area contributed by atoms with Gasteiger partial charge in [0, 0.05) is 11.5 Å². The van der Waals surface area contributed by atoms with Gasteiger partial charge in [0.2, 0.25) is 0 Å². The van der Waals surface area contributed by atoms with Crippen LogP contribution in [0.3, 0.4) is 0 Å². The first kappa shape index (κ1) is 22.4. The van der Waals surface area contributed by atoms with Crippen molar-refractivity contribution in [1.82, 2.24) is 0 Å². The van der Waals surface area contributed by atoms with Crippen LogP contribution in [0.5, 0.6) is 5.75 Å². The molecule has 0 bridgehead atoms. The molecule has 6 nitrogen and oxygen atoms in total. The molecule has 2 atom stereocenters. The SMILES string of the molecule is COc1ccc(S(=O)(=O)/N=C(/c2ccccc2)[C@H](C)[C@H](O)C(=O)c2ccccc2)cc1. The minimum absolute atomic E-state index is 0.0159. The number of hydrogen-bond acceptors (Lipinski definition) is 5. The van der Waals surface area contributed by atoms with Crippen LogP contribution in [0.25, 0.3) is 0 Å². The molecule has 160 valence electrons. The summed E-state index contributed by atoms with van der Waals surface area (Å²) in [5.41, 5.74) is 0.951. The molecule has 0 aliphatic rings. The van der Waals surface area contributed by atoms with E-state index in [4.69, 9.17) is 4.74 Å². The summed E-state index contributed by atoms with van der Waals surface area (Å²) in [6.45, 7) is 1.58. The third-order valence-electron chi connectivity index (χ3n) is 4.88. The average molecular weight is 438 g/mol. The number of aliphatic hydroxyl groups excluding tert-OH is 1. The molecule has 3 rings (SSSR count). The lowest BCUT2D eigenvalue weighted by molar-refractivity contribution is 0.0692. The molecule has 0 unspecified atom stereocenters. The van der Waals surface area contributed by atoms with Gasteiger partial charge in [0.15, 0.2) is 5.78 Å². The number of ether oxygens (including phenoxy) is 1. The summed E-state index contributed by atoms with van der Waals surface area (Å²) < 4.78 is 35.1. The second-order valence-electron chi connectivity index (χ2n) is 6.96. The smallest absolute Gasteiger partial charge is 0.282 e. The van der Waals surface area contributed by atoms with Crippen molar-refractivity contribution in [2.45, 2.75) is 17.9 Å². The van der Waals surface area contributed by atoms with Crippen molar-refractivity contribution in [1.29, 1.82) is 0 Å². The number of rotatable bonds is 8. The Morgan fingerprint density at radius 2 is 1.39 bits per heavy atom. The van der Waals surface area contributed by atoms with Gasteiger partial charge in [-0.05, 0) is 29.8 Å². The fourth-order valence-corrected chi connectivity index (χ4v) is 4.20. The van der Waals surface area contributed by atoms with Crippen LogP contribution in [-0.4, -0.2) is 38.2 Å². The zero-order chi connectivity index (χ0) is 22.4. The van der Waals surface area contributed by atoms with Crippen LogP contribution in [0.1, 0.15) is 22.8 Å². The van der Waals surface area contributed by atoms with Gasteiger partial charge in [0.05, 0.1) is 17.7 Å². The zero-order valence-corrected chi connectivity index (χ0v) is 18.0. The standard InChI is InChI=1S/C24H23NO5S/c1-17(23(26)24(27)19-11-7-4-8-12-19)22(18-9-5-3-6-10-18)25-31(28,29)21-15-13-20(30-2)14-16-21/h3-17,23,26H,1-2H3/b25-22+/t17-,23-/m0/s1. The maximum Gasteiger partial charge on any atom is 0.282 e. The van der Waals surface area contributed by atoms with Crippen molar-refractivity contribution in [3.63, 3.8) is 0 Å². The Bertz CT molecular complexity index is 1160. The molecule has 3 aromatic carbocycles. The Balaban J connectivity index is 2.02. The quantitative estimate of drug-likeness (QED) is 0.428. The number of carbonyl (C=O) groups is 1. The Labute approximate surface area is 181 Å². The molecular weight excluding hydrogens is 414 g/mol. The van der Waals surface area contributed by atoms with Crippen LogP contribution >= 0.6 is 0 Å². The van der Waals surface area contributed by atoms with Crippen LogP contribution in [0.2, 0.25) is 0 Å². The molecule has 0 aromatic heterocycles. The predicted molar refractivity (Wildman–Crippen MR) is 119 cm³/mol.